The largest absolute Gasteiger partial charge is 0.478 e. The van der Waals surface area contributed by atoms with Crippen molar-refractivity contribution in [2.75, 3.05) is 0 Å². The van der Waals surface area contributed by atoms with Crippen LogP contribution in [-0.2, 0) is 21.9 Å². The second-order valence-corrected chi connectivity index (χ2v) is 1.22. The Morgan fingerprint density at radius 1 is 1.44 bits per heavy atom. The molecule has 0 bridgehead atoms. The number of hydrogen-bond acceptors (Lipinski definition) is 1. The quantitative estimate of drug-likeness (QED) is 0.381. The van der Waals surface area contributed by atoms with Gasteiger partial charge < -0.3 is 5.11 Å². The third-order valence-corrected chi connectivity index (χ3v) is 0.542. The molecule has 0 aromatic carbocycles. The van der Waals surface area contributed by atoms with Crippen LogP contribution >= 0.6 is 0 Å². The molecule has 0 unspecified atom stereocenters. The van der Waals surface area contributed by atoms with Crippen molar-refractivity contribution >= 4 is 5.97 Å². The molecule has 0 rings (SSSR count). The fraction of sp³-hybridized carbons (Fsp3) is 0.167. The normalized spacial score (nSPS) is 9.89. The van der Waals surface area contributed by atoms with Crippen molar-refractivity contribution in [1.82, 2.24) is 0 Å². The summed E-state index contributed by atoms with van der Waals surface area (Å²) in [4.78, 5) is 9.75. The van der Waals surface area contributed by atoms with Gasteiger partial charge in [0, 0.05) is 23.1 Å². The number of carboxylic acids is 1. The van der Waals surface area contributed by atoms with Crippen LogP contribution in [0.5, 0.6) is 0 Å². The Bertz CT molecular complexity index is 127. The summed E-state index contributed by atoms with van der Waals surface area (Å²) in [6, 6.07) is 0. The molecule has 0 heterocycles. The van der Waals surface area contributed by atoms with Gasteiger partial charge in [0.05, 0.1) is 0 Å². The van der Waals surface area contributed by atoms with E-state index in [1.165, 1.54) is 6.08 Å². The Kier molecular flexibility index (Phi) is 9.37. The maximum atomic E-state index is 9.75. The van der Waals surface area contributed by atoms with Crippen LogP contribution in [-0.4, -0.2) is 11.1 Å². The van der Waals surface area contributed by atoms with Crippen molar-refractivity contribution in [1.29, 1.82) is 0 Å². The first-order chi connectivity index (χ1) is 3.77. The molecule has 0 aliphatic carbocycles. The first-order valence-corrected chi connectivity index (χ1v) is 2.29. The van der Waals surface area contributed by atoms with Crippen LogP contribution in [0.4, 0.5) is 0 Å². The van der Waals surface area contributed by atoms with Crippen LogP contribution in [0.3, 0.4) is 0 Å². The molecule has 0 saturated carbocycles. The van der Waals surface area contributed by atoms with E-state index >= 15 is 0 Å². The summed E-state index contributed by atoms with van der Waals surface area (Å²) in [5.74, 6) is -0.914. The third-order valence-electron chi connectivity index (χ3n) is 0.542. The molecule has 0 spiro atoms. The van der Waals surface area contributed by atoms with E-state index < -0.39 is 5.97 Å². The predicted octanol–water partition coefficient (Wildman–Crippen LogP) is 1.20. The molecule has 1 radical (unpaired) electrons. The first kappa shape index (κ1) is 11.3. The van der Waals surface area contributed by atoms with Crippen molar-refractivity contribution in [2.24, 2.45) is 0 Å². The molecular weight excluding hydrogens is 159 g/mol. The van der Waals surface area contributed by atoms with Crippen LogP contribution in [0.25, 0.3) is 0 Å². The number of carbonyl (C=O) groups is 1. The number of carboxylic acid groups (broad SMARTS) is 1. The van der Waals surface area contributed by atoms with E-state index in [2.05, 4.69) is 0 Å². The molecule has 0 aromatic heterocycles. The summed E-state index contributed by atoms with van der Waals surface area (Å²) in [6.07, 6.45) is 5.98. The molecule has 0 fully saturated rings. The molecule has 9 heavy (non-hydrogen) atoms. The Morgan fingerprint density at radius 3 is 2.33 bits per heavy atom. The number of hydrogen-bond donors (Lipinski definition) is 1. The van der Waals surface area contributed by atoms with E-state index in [0.717, 1.165) is 6.08 Å². The van der Waals surface area contributed by atoms with Crippen molar-refractivity contribution in [3.63, 3.8) is 0 Å². The minimum atomic E-state index is -0.914. The van der Waals surface area contributed by atoms with Gasteiger partial charge in [-0.3, -0.25) is 0 Å². The van der Waals surface area contributed by atoms with Gasteiger partial charge in [-0.2, -0.15) is 0 Å². The Morgan fingerprint density at radius 2 is 2.00 bits per heavy atom. The van der Waals surface area contributed by atoms with E-state index in [-0.39, 0.29) is 17.1 Å². The number of rotatable bonds is 2. The molecule has 1 N–H and O–H groups in total. The van der Waals surface area contributed by atoms with Gasteiger partial charge >= 0.3 is 5.97 Å². The molecule has 0 aromatic rings. The third kappa shape index (κ3) is 11.2. The van der Waals surface area contributed by atoms with E-state index in [4.69, 9.17) is 5.11 Å². The summed E-state index contributed by atoms with van der Waals surface area (Å²) in [6.45, 7) is 1.83. The molecule has 0 aliphatic rings. The Hall–Kier alpha value is -0.531. The average Bonchev–Trinajstić information content (AvgIpc) is 1.66. The van der Waals surface area contributed by atoms with E-state index in [0.29, 0.717) is 0 Å². The summed E-state index contributed by atoms with van der Waals surface area (Å²) in [7, 11) is 0. The molecule has 0 amide bonds. The van der Waals surface area contributed by atoms with Gasteiger partial charge in [-0.05, 0) is 6.92 Å². The zero-order valence-electron chi connectivity index (χ0n) is 5.04. The van der Waals surface area contributed by atoms with Crippen LogP contribution in [0, 0.1) is 0 Å². The van der Waals surface area contributed by atoms with E-state index in [9.17, 15) is 4.79 Å². The Labute approximate surface area is 64.7 Å². The fourth-order valence-corrected chi connectivity index (χ4v) is 0.249. The van der Waals surface area contributed by atoms with Crippen LogP contribution < -0.4 is 0 Å². The monoisotopic (exact) mass is 167 g/mol. The zero-order valence-corrected chi connectivity index (χ0v) is 6.22. The molecule has 0 atom stereocenters. The van der Waals surface area contributed by atoms with Gasteiger partial charge in [-0.15, -0.1) is 0 Å². The van der Waals surface area contributed by atoms with Crippen molar-refractivity contribution < 1.29 is 27.0 Å². The summed E-state index contributed by atoms with van der Waals surface area (Å²) in [5.41, 5.74) is 0. The summed E-state index contributed by atoms with van der Waals surface area (Å²) in [5, 5.41) is 8.02. The van der Waals surface area contributed by atoms with Gasteiger partial charge in [0.15, 0.2) is 0 Å². The second kappa shape index (κ2) is 7.47. The molecule has 2 nitrogen and oxygen atoms in total. The van der Waals surface area contributed by atoms with Crippen LogP contribution in [0.2, 0.25) is 0 Å². The Balaban J connectivity index is 0. The maximum absolute atomic E-state index is 9.75. The summed E-state index contributed by atoms with van der Waals surface area (Å²) >= 11 is 0. The van der Waals surface area contributed by atoms with Gasteiger partial charge in [-0.1, -0.05) is 18.2 Å². The fourth-order valence-electron chi connectivity index (χ4n) is 0.249. The molecule has 3 heteroatoms. The van der Waals surface area contributed by atoms with Crippen LogP contribution in [0.15, 0.2) is 24.3 Å². The standard InChI is InChI=1S/C6H8O2.Mn/c1-2-3-4-5-6(7)8;/h2-5H,1H3,(H,7,8);. The first-order valence-electron chi connectivity index (χ1n) is 2.29. The summed E-state index contributed by atoms with van der Waals surface area (Å²) < 4.78 is 0. The van der Waals surface area contributed by atoms with Gasteiger partial charge in [-0.25, -0.2) is 4.79 Å². The predicted molar refractivity (Wildman–Crippen MR) is 31.6 cm³/mol. The molecular formula is C6H8MnO2. The van der Waals surface area contributed by atoms with Gasteiger partial charge in [0.2, 0.25) is 0 Å². The van der Waals surface area contributed by atoms with Crippen LogP contribution in [0.1, 0.15) is 6.92 Å². The molecule has 51 valence electrons. The van der Waals surface area contributed by atoms with E-state index in [1.807, 2.05) is 6.92 Å². The minimum Gasteiger partial charge on any atom is -0.478 e. The van der Waals surface area contributed by atoms with Gasteiger partial charge in [0.25, 0.3) is 0 Å². The maximum Gasteiger partial charge on any atom is 0.328 e. The van der Waals surface area contributed by atoms with E-state index in [1.54, 1.807) is 12.2 Å². The average molecular weight is 167 g/mol. The zero-order chi connectivity index (χ0) is 6.41. The smallest absolute Gasteiger partial charge is 0.328 e. The SMILES string of the molecule is CC=CC=CC(=O)O.[Mn]. The molecule has 0 saturated heterocycles. The van der Waals surface area contributed by atoms with Crippen molar-refractivity contribution in [3.8, 4) is 0 Å². The molecule has 0 aliphatic heterocycles. The second-order valence-electron chi connectivity index (χ2n) is 1.22. The minimum absolute atomic E-state index is 0. The van der Waals surface area contributed by atoms with Crippen molar-refractivity contribution in [2.45, 2.75) is 6.92 Å². The number of allylic oxidation sites excluding steroid dienone is 3. The number of aliphatic carboxylic acids is 1. The van der Waals surface area contributed by atoms with Gasteiger partial charge in [0.1, 0.15) is 0 Å². The van der Waals surface area contributed by atoms with Crippen molar-refractivity contribution in [3.05, 3.63) is 24.3 Å². The topological polar surface area (TPSA) is 37.3 Å².